The monoisotopic (exact) mass is 531 g/mol. The van der Waals surface area contributed by atoms with Crippen LogP contribution in [0.15, 0.2) is 58.4 Å². The Labute approximate surface area is 214 Å². The van der Waals surface area contributed by atoms with Gasteiger partial charge in [0.15, 0.2) is 4.80 Å². The molecule has 36 heavy (non-hydrogen) atoms. The zero-order chi connectivity index (χ0) is 25.7. The second-order valence-corrected chi connectivity index (χ2v) is 11.3. The molecule has 1 fully saturated rings. The van der Waals surface area contributed by atoms with E-state index in [0.717, 1.165) is 10.2 Å². The second kappa shape index (κ2) is 11.5. The molecule has 0 spiro atoms. The lowest BCUT2D eigenvalue weighted by molar-refractivity contribution is -0.122. The van der Waals surface area contributed by atoms with Gasteiger partial charge in [0.2, 0.25) is 10.0 Å². The number of esters is 1. The van der Waals surface area contributed by atoms with Crippen LogP contribution in [-0.4, -0.2) is 62.6 Å². The van der Waals surface area contributed by atoms with Crippen LogP contribution in [0.25, 0.3) is 10.2 Å². The fourth-order valence-corrected chi connectivity index (χ4v) is 6.83. The van der Waals surface area contributed by atoms with Gasteiger partial charge in [-0.3, -0.25) is 4.79 Å². The largest absolute Gasteiger partial charge is 0.462 e. The van der Waals surface area contributed by atoms with E-state index in [0.29, 0.717) is 42.9 Å². The SMILES string of the molecule is CCOC(=O)c1ccc2c(c1)sc(=NC(=O)C1CCCN(S(=O)(=O)c3ccccc3)C1)n2CCOC. The molecule has 1 unspecified atom stereocenters. The molecule has 0 bridgehead atoms. The van der Waals surface area contributed by atoms with Crippen molar-refractivity contribution in [1.82, 2.24) is 8.87 Å². The lowest BCUT2D eigenvalue weighted by Gasteiger charge is -2.30. The Morgan fingerprint density at radius 3 is 2.67 bits per heavy atom. The first-order valence-corrected chi connectivity index (χ1v) is 14.0. The minimum absolute atomic E-state index is 0.0928. The van der Waals surface area contributed by atoms with Gasteiger partial charge in [0.25, 0.3) is 5.91 Å². The standard InChI is InChI=1S/C25H29N3O6S2/c1-3-34-24(30)18-11-12-21-22(16-18)35-25(28(21)14-15-33-2)26-23(29)19-8-7-13-27(17-19)36(31,32)20-9-5-4-6-10-20/h4-6,9-12,16,19H,3,7-8,13-15,17H2,1-2H3. The van der Waals surface area contributed by atoms with Gasteiger partial charge in [-0.2, -0.15) is 9.30 Å². The first-order valence-electron chi connectivity index (χ1n) is 11.8. The van der Waals surface area contributed by atoms with Crippen LogP contribution in [0, 0.1) is 5.92 Å². The van der Waals surface area contributed by atoms with Crippen molar-refractivity contribution in [1.29, 1.82) is 0 Å². The summed E-state index contributed by atoms with van der Waals surface area (Å²) < 4.78 is 40.5. The van der Waals surface area contributed by atoms with Crippen molar-refractivity contribution < 1.29 is 27.5 Å². The quantitative estimate of drug-likeness (QED) is 0.414. The Morgan fingerprint density at radius 2 is 1.94 bits per heavy atom. The van der Waals surface area contributed by atoms with Crippen molar-refractivity contribution in [3.63, 3.8) is 0 Å². The summed E-state index contributed by atoms with van der Waals surface area (Å²) in [6, 6.07) is 13.5. The average Bonchev–Trinajstić information content (AvgIpc) is 3.24. The molecule has 0 aliphatic carbocycles. The van der Waals surface area contributed by atoms with Gasteiger partial charge in [-0.05, 0) is 50.1 Å². The van der Waals surface area contributed by atoms with E-state index in [2.05, 4.69) is 4.99 Å². The summed E-state index contributed by atoms with van der Waals surface area (Å²) in [5, 5.41) is 0. The molecule has 1 aromatic heterocycles. The van der Waals surface area contributed by atoms with Crippen molar-refractivity contribution in [3.05, 3.63) is 58.9 Å². The van der Waals surface area contributed by atoms with Gasteiger partial charge in [0.1, 0.15) is 0 Å². The number of carbonyl (C=O) groups is 2. The van der Waals surface area contributed by atoms with Crippen LogP contribution in [0.4, 0.5) is 0 Å². The van der Waals surface area contributed by atoms with E-state index >= 15 is 0 Å². The molecule has 2 aromatic carbocycles. The van der Waals surface area contributed by atoms with Crippen LogP contribution < -0.4 is 4.80 Å². The molecule has 4 rings (SSSR count). The summed E-state index contributed by atoms with van der Waals surface area (Å²) in [6.07, 6.45) is 1.15. The van der Waals surface area contributed by atoms with E-state index < -0.39 is 21.9 Å². The lowest BCUT2D eigenvalue weighted by Crippen LogP contribution is -2.42. The highest BCUT2D eigenvalue weighted by atomic mass is 32.2. The number of piperidine rings is 1. The van der Waals surface area contributed by atoms with Crippen LogP contribution in [0.1, 0.15) is 30.1 Å². The number of aromatic nitrogens is 1. The van der Waals surface area contributed by atoms with Gasteiger partial charge in [0.05, 0.1) is 39.8 Å². The van der Waals surface area contributed by atoms with E-state index in [1.54, 1.807) is 56.5 Å². The fourth-order valence-electron chi connectivity index (χ4n) is 4.19. The average molecular weight is 532 g/mol. The number of hydrogen-bond donors (Lipinski definition) is 0. The summed E-state index contributed by atoms with van der Waals surface area (Å²) in [6.45, 7) is 3.38. The van der Waals surface area contributed by atoms with Crippen molar-refractivity contribution in [2.24, 2.45) is 10.9 Å². The highest BCUT2D eigenvalue weighted by Gasteiger charge is 2.33. The number of methoxy groups -OCH3 is 1. The van der Waals surface area contributed by atoms with Crippen molar-refractivity contribution in [2.45, 2.75) is 31.2 Å². The van der Waals surface area contributed by atoms with E-state index in [-0.39, 0.29) is 24.0 Å². The molecule has 1 aliphatic heterocycles. The molecule has 0 radical (unpaired) electrons. The number of hydrogen-bond acceptors (Lipinski definition) is 7. The Hall–Kier alpha value is -2.86. The summed E-state index contributed by atoms with van der Waals surface area (Å²) in [5.41, 5.74) is 1.25. The molecule has 1 aliphatic rings. The summed E-state index contributed by atoms with van der Waals surface area (Å²) in [5.74, 6) is -1.30. The van der Waals surface area contributed by atoms with Crippen molar-refractivity contribution in [2.75, 3.05) is 33.4 Å². The predicted octanol–water partition coefficient (Wildman–Crippen LogP) is 3.05. The number of rotatable bonds is 8. The van der Waals surface area contributed by atoms with Gasteiger partial charge < -0.3 is 14.0 Å². The molecule has 11 heteroatoms. The minimum Gasteiger partial charge on any atom is -0.462 e. The van der Waals surface area contributed by atoms with Gasteiger partial charge in [0, 0.05) is 26.7 Å². The topological polar surface area (TPSA) is 107 Å². The van der Waals surface area contributed by atoms with Crippen LogP contribution >= 0.6 is 11.3 Å². The molecular formula is C25H29N3O6S2. The minimum atomic E-state index is -3.68. The molecule has 1 saturated heterocycles. The third-order valence-electron chi connectivity index (χ3n) is 6.03. The molecular weight excluding hydrogens is 502 g/mol. The van der Waals surface area contributed by atoms with Gasteiger partial charge in [-0.25, -0.2) is 13.2 Å². The zero-order valence-electron chi connectivity index (χ0n) is 20.3. The Morgan fingerprint density at radius 1 is 1.17 bits per heavy atom. The van der Waals surface area contributed by atoms with Gasteiger partial charge in [-0.15, -0.1) is 0 Å². The van der Waals surface area contributed by atoms with E-state index in [1.807, 2.05) is 10.6 Å². The Kier molecular flexibility index (Phi) is 8.35. The molecule has 1 atom stereocenters. The second-order valence-electron chi connectivity index (χ2n) is 8.40. The van der Waals surface area contributed by atoms with Crippen molar-refractivity contribution in [3.8, 4) is 0 Å². The fraction of sp³-hybridized carbons (Fsp3) is 0.400. The number of amides is 1. The number of benzene rings is 2. The summed E-state index contributed by atoms with van der Waals surface area (Å²) in [4.78, 5) is 30.5. The highest BCUT2D eigenvalue weighted by Crippen LogP contribution is 2.25. The molecule has 2 heterocycles. The van der Waals surface area contributed by atoms with E-state index in [4.69, 9.17) is 9.47 Å². The maximum absolute atomic E-state index is 13.2. The Bertz CT molecular complexity index is 1410. The summed E-state index contributed by atoms with van der Waals surface area (Å²) in [7, 11) is -2.09. The summed E-state index contributed by atoms with van der Waals surface area (Å²) >= 11 is 1.30. The van der Waals surface area contributed by atoms with Crippen LogP contribution in [-0.2, 0) is 30.8 Å². The lowest BCUT2D eigenvalue weighted by atomic mass is 9.99. The first-order chi connectivity index (χ1) is 17.3. The number of carbonyl (C=O) groups excluding carboxylic acids is 2. The van der Waals surface area contributed by atoms with Crippen LogP contribution in [0.3, 0.4) is 0 Å². The molecule has 0 saturated carbocycles. The molecule has 9 nitrogen and oxygen atoms in total. The van der Waals surface area contributed by atoms with Crippen LogP contribution in [0.2, 0.25) is 0 Å². The highest BCUT2D eigenvalue weighted by molar-refractivity contribution is 7.89. The van der Waals surface area contributed by atoms with Crippen LogP contribution in [0.5, 0.6) is 0 Å². The maximum atomic E-state index is 13.2. The number of thiazole rings is 1. The van der Waals surface area contributed by atoms with Gasteiger partial charge >= 0.3 is 5.97 Å². The number of fused-ring (bicyclic) bond motifs is 1. The smallest absolute Gasteiger partial charge is 0.338 e. The first kappa shape index (κ1) is 26.2. The molecule has 3 aromatic rings. The molecule has 1 amide bonds. The number of sulfonamides is 1. The molecule has 192 valence electrons. The molecule has 0 N–H and O–H groups in total. The normalized spacial score (nSPS) is 17.4. The maximum Gasteiger partial charge on any atom is 0.338 e. The third-order valence-corrected chi connectivity index (χ3v) is 8.95. The Balaban J connectivity index is 1.64. The van der Waals surface area contributed by atoms with Crippen molar-refractivity contribution >= 4 is 43.5 Å². The zero-order valence-corrected chi connectivity index (χ0v) is 21.9. The third kappa shape index (κ3) is 5.59. The number of nitrogens with zero attached hydrogens (tertiary/aromatic N) is 3. The van der Waals surface area contributed by atoms with Gasteiger partial charge in [-0.1, -0.05) is 29.5 Å². The van der Waals surface area contributed by atoms with E-state index in [9.17, 15) is 18.0 Å². The number of ether oxygens (including phenoxy) is 2. The van der Waals surface area contributed by atoms with E-state index in [1.165, 1.54) is 15.6 Å². The predicted molar refractivity (Wildman–Crippen MR) is 136 cm³/mol.